The van der Waals surface area contributed by atoms with Crippen molar-refractivity contribution in [3.05, 3.63) is 101 Å². The van der Waals surface area contributed by atoms with Gasteiger partial charge in [-0.25, -0.2) is 4.79 Å². The molecule has 0 saturated carbocycles. The van der Waals surface area contributed by atoms with Gasteiger partial charge in [0, 0.05) is 16.8 Å². The van der Waals surface area contributed by atoms with Crippen LogP contribution in [0.4, 0.5) is 10.5 Å². The first-order chi connectivity index (χ1) is 15.8. The fourth-order valence-electron chi connectivity index (χ4n) is 3.04. The summed E-state index contributed by atoms with van der Waals surface area (Å²) in [6.45, 7) is 5.84. The largest absolute Gasteiger partial charge is 0.442 e. The number of amides is 1. The van der Waals surface area contributed by atoms with Crippen LogP contribution in [0.25, 0.3) is 0 Å². The molecule has 3 N–H and O–H groups in total. The number of carbonyl (C=O) groups excluding carboxylic acids is 1. The zero-order chi connectivity index (χ0) is 23.7. The Bertz CT molecular complexity index is 1150. The van der Waals surface area contributed by atoms with Crippen molar-refractivity contribution in [2.45, 2.75) is 32.8 Å². The molecule has 0 aliphatic carbocycles. The Morgan fingerprint density at radius 2 is 1.58 bits per heavy atom. The van der Waals surface area contributed by atoms with Gasteiger partial charge >= 0.3 is 6.09 Å². The maximum atomic E-state index is 11.8. The predicted molar refractivity (Wildman–Crippen MR) is 134 cm³/mol. The lowest BCUT2D eigenvalue weighted by Gasteiger charge is -2.17. The lowest BCUT2D eigenvalue weighted by atomic mass is 10.0. The molecular weight excluding hydrogens is 410 g/mol. The standard InChI is InChI=1S/C28H29N3O2/c1-28(2,3)33-27(32)31-26(29)24-15-17-25(18-16-24)30-19-7-10-21-11-13-23(14-12-21)20-22-8-5-4-6-9-22/h4-6,8-9,11-18,30H,19-20H2,1-3H3,(H2,29,31,32). The van der Waals surface area contributed by atoms with Gasteiger partial charge in [-0.2, -0.15) is 4.99 Å². The van der Waals surface area contributed by atoms with Crippen molar-refractivity contribution in [3.63, 3.8) is 0 Å². The first-order valence-electron chi connectivity index (χ1n) is 10.8. The van der Waals surface area contributed by atoms with Crippen LogP contribution in [0.2, 0.25) is 0 Å². The van der Waals surface area contributed by atoms with Gasteiger partial charge in [-0.05, 0) is 74.7 Å². The molecular formula is C28H29N3O2. The highest BCUT2D eigenvalue weighted by molar-refractivity contribution is 6.02. The normalized spacial score (nSPS) is 11.3. The second kappa shape index (κ2) is 11.0. The number of ether oxygens (including phenoxy) is 1. The van der Waals surface area contributed by atoms with E-state index in [4.69, 9.17) is 10.5 Å². The molecule has 0 radical (unpaired) electrons. The number of anilines is 1. The Morgan fingerprint density at radius 3 is 2.21 bits per heavy atom. The van der Waals surface area contributed by atoms with Gasteiger partial charge in [0.15, 0.2) is 0 Å². The molecule has 1 amide bonds. The average molecular weight is 440 g/mol. The number of nitrogens with zero attached hydrogens (tertiary/aromatic N) is 1. The highest BCUT2D eigenvalue weighted by Crippen LogP contribution is 2.12. The average Bonchev–Trinajstić information content (AvgIpc) is 2.77. The summed E-state index contributed by atoms with van der Waals surface area (Å²) in [6, 6.07) is 26.1. The molecule has 3 rings (SSSR count). The number of hydrogen-bond acceptors (Lipinski definition) is 3. The third kappa shape index (κ3) is 8.19. The SMILES string of the molecule is CC(C)(C)OC(=O)/N=C(\N)c1ccc(NCC#Cc2ccc(Cc3ccccc3)cc2)cc1. The van der Waals surface area contributed by atoms with Gasteiger partial charge in [-0.1, -0.05) is 54.3 Å². The molecule has 5 heteroatoms. The molecule has 0 fully saturated rings. The Balaban J connectivity index is 1.50. The van der Waals surface area contributed by atoms with Crippen molar-refractivity contribution in [3.8, 4) is 11.8 Å². The third-order valence-electron chi connectivity index (χ3n) is 4.60. The van der Waals surface area contributed by atoms with Gasteiger partial charge in [-0.15, -0.1) is 0 Å². The maximum Gasteiger partial charge on any atom is 0.436 e. The summed E-state index contributed by atoms with van der Waals surface area (Å²) in [4.78, 5) is 15.6. The third-order valence-corrected chi connectivity index (χ3v) is 4.60. The summed E-state index contributed by atoms with van der Waals surface area (Å²) in [5.74, 6) is 6.42. The van der Waals surface area contributed by atoms with Gasteiger partial charge < -0.3 is 15.8 Å². The minimum atomic E-state index is -0.703. The van der Waals surface area contributed by atoms with Crippen molar-refractivity contribution in [1.29, 1.82) is 0 Å². The summed E-state index contributed by atoms with van der Waals surface area (Å²) in [6.07, 6.45) is 0.213. The van der Waals surface area contributed by atoms with E-state index in [0.29, 0.717) is 12.1 Å². The summed E-state index contributed by atoms with van der Waals surface area (Å²) in [7, 11) is 0. The zero-order valence-corrected chi connectivity index (χ0v) is 19.3. The summed E-state index contributed by atoms with van der Waals surface area (Å²) >= 11 is 0. The van der Waals surface area contributed by atoms with E-state index < -0.39 is 11.7 Å². The van der Waals surface area contributed by atoms with Crippen LogP contribution in [0.1, 0.15) is 43.0 Å². The lowest BCUT2D eigenvalue weighted by Crippen LogP contribution is -2.24. The topological polar surface area (TPSA) is 76.7 Å². The molecule has 0 spiro atoms. The number of nitrogens with one attached hydrogen (secondary N) is 1. The van der Waals surface area contributed by atoms with Crippen LogP contribution in [0.3, 0.4) is 0 Å². The molecule has 33 heavy (non-hydrogen) atoms. The number of aliphatic imine (C=N–C) groups is 1. The molecule has 0 atom stereocenters. The van der Waals surface area contributed by atoms with E-state index in [9.17, 15) is 4.79 Å². The minimum absolute atomic E-state index is 0.117. The number of nitrogens with two attached hydrogens (primary N) is 1. The number of rotatable bonds is 5. The highest BCUT2D eigenvalue weighted by Gasteiger charge is 2.16. The molecule has 0 aliphatic rings. The Labute approximate surface area is 195 Å². The highest BCUT2D eigenvalue weighted by atomic mass is 16.6. The smallest absolute Gasteiger partial charge is 0.436 e. The van der Waals surface area contributed by atoms with E-state index in [1.807, 2.05) is 30.3 Å². The summed E-state index contributed by atoms with van der Waals surface area (Å²) in [5.41, 5.74) is 10.4. The number of hydrogen-bond donors (Lipinski definition) is 2. The monoisotopic (exact) mass is 439 g/mol. The number of carbonyl (C=O) groups is 1. The van der Waals surface area contributed by atoms with Crippen molar-refractivity contribution in [2.75, 3.05) is 11.9 Å². The van der Waals surface area contributed by atoms with E-state index in [1.165, 1.54) is 11.1 Å². The van der Waals surface area contributed by atoms with Crippen LogP contribution in [0.15, 0.2) is 83.9 Å². The number of benzene rings is 3. The predicted octanol–water partition coefficient (Wildman–Crippen LogP) is 5.38. The van der Waals surface area contributed by atoms with E-state index in [0.717, 1.165) is 17.7 Å². The van der Waals surface area contributed by atoms with Gasteiger partial charge in [0.05, 0.1) is 6.54 Å². The lowest BCUT2D eigenvalue weighted by molar-refractivity contribution is 0.0604. The van der Waals surface area contributed by atoms with Gasteiger partial charge in [0.25, 0.3) is 0 Å². The molecule has 5 nitrogen and oxygen atoms in total. The maximum absolute atomic E-state index is 11.8. The van der Waals surface area contributed by atoms with Crippen LogP contribution >= 0.6 is 0 Å². The molecule has 0 bridgehead atoms. The molecule has 168 valence electrons. The van der Waals surface area contributed by atoms with Crippen molar-refractivity contribution in [1.82, 2.24) is 0 Å². The molecule has 0 heterocycles. The first kappa shape index (κ1) is 23.6. The molecule has 3 aromatic carbocycles. The molecule has 0 unspecified atom stereocenters. The fraction of sp³-hybridized carbons (Fsp3) is 0.214. The Morgan fingerprint density at radius 1 is 0.939 bits per heavy atom. The van der Waals surface area contributed by atoms with Crippen LogP contribution in [0, 0.1) is 11.8 Å². The van der Waals surface area contributed by atoms with E-state index >= 15 is 0 Å². The van der Waals surface area contributed by atoms with Gasteiger partial charge in [0.2, 0.25) is 0 Å². The van der Waals surface area contributed by atoms with Gasteiger partial charge in [0.1, 0.15) is 11.4 Å². The van der Waals surface area contributed by atoms with E-state index in [2.05, 4.69) is 58.5 Å². The Kier molecular flexibility index (Phi) is 7.88. The molecule has 0 aliphatic heterocycles. The van der Waals surface area contributed by atoms with Crippen LogP contribution in [-0.2, 0) is 11.2 Å². The quantitative estimate of drug-likeness (QED) is 0.318. The minimum Gasteiger partial charge on any atom is -0.442 e. The number of amidine groups is 1. The van der Waals surface area contributed by atoms with Crippen LogP contribution < -0.4 is 11.1 Å². The Hall–Kier alpha value is -4.04. The van der Waals surface area contributed by atoms with Crippen molar-refractivity contribution in [2.24, 2.45) is 10.7 Å². The summed E-state index contributed by atoms with van der Waals surface area (Å²) in [5, 5.41) is 3.25. The molecule has 3 aromatic rings. The second-order valence-electron chi connectivity index (χ2n) is 8.57. The first-order valence-corrected chi connectivity index (χ1v) is 10.8. The van der Waals surface area contributed by atoms with Crippen molar-refractivity contribution < 1.29 is 9.53 Å². The van der Waals surface area contributed by atoms with E-state index in [1.54, 1.807) is 32.9 Å². The van der Waals surface area contributed by atoms with Crippen LogP contribution in [0.5, 0.6) is 0 Å². The second-order valence-corrected chi connectivity index (χ2v) is 8.57. The molecule has 0 saturated heterocycles. The van der Waals surface area contributed by atoms with E-state index in [-0.39, 0.29) is 5.84 Å². The zero-order valence-electron chi connectivity index (χ0n) is 19.3. The van der Waals surface area contributed by atoms with Crippen LogP contribution in [-0.4, -0.2) is 24.1 Å². The fourth-order valence-corrected chi connectivity index (χ4v) is 3.04. The summed E-state index contributed by atoms with van der Waals surface area (Å²) < 4.78 is 5.15. The molecule has 0 aromatic heterocycles. The van der Waals surface area contributed by atoms with Crippen molar-refractivity contribution >= 4 is 17.6 Å². The van der Waals surface area contributed by atoms with Gasteiger partial charge in [-0.3, -0.25) is 0 Å².